The van der Waals surface area contributed by atoms with E-state index in [1.807, 2.05) is 13.8 Å². The van der Waals surface area contributed by atoms with Gasteiger partial charge in [0, 0.05) is 6.54 Å². The third kappa shape index (κ3) is 3.52. The highest BCUT2D eigenvalue weighted by molar-refractivity contribution is 7.13. The van der Waals surface area contributed by atoms with Crippen LogP contribution in [0.4, 0.5) is 0 Å². The summed E-state index contributed by atoms with van der Waals surface area (Å²) in [7, 11) is 0. The molecule has 0 saturated heterocycles. The Labute approximate surface area is 104 Å². The maximum Gasteiger partial charge on any atom is 0.351 e. The molecule has 0 spiro atoms. The molecule has 1 amide bonds. The molecule has 1 aromatic rings. The van der Waals surface area contributed by atoms with Crippen molar-refractivity contribution in [2.75, 3.05) is 6.54 Å². The highest BCUT2D eigenvalue weighted by Gasteiger charge is 2.21. The van der Waals surface area contributed by atoms with Crippen LogP contribution in [0.2, 0.25) is 0 Å². The Morgan fingerprint density at radius 1 is 1.47 bits per heavy atom. The zero-order valence-electron chi connectivity index (χ0n) is 10.4. The number of thiazole rings is 1. The monoisotopic (exact) mass is 256 g/mol. The number of ether oxygens (including phenoxy) is 1. The standard InChI is InChI=1S/C11H16N2O3S/c1-5-12-10(14)7(3)16-11(15)9-6(2)13-8(4)17-9/h7H,5H2,1-4H3,(H,12,14)/t7-/m1/s1. The lowest BCUT2D eigenvalue weighted by molar-refractivity contribution is -0.128. The molecule has 6 heteroatoms. The Kier molecular flexibility index (Phi) is 4.62. The van der Waals surface area contributed by atoms with Gasteiger partial charge in [0.05, 0.1) is 10.7 Å². The van der Waals surface area contributed by atoms with Gasteiger partial charge in [-0.25, -0.2) is 9.78 Å². The molecular formula is C11H16N2O3S. The molecule has 17 heavy (non-hydrogen) atoms. The number of rotatable bonds is 4. The smallest absolute Gasteiger partial charge is 0.351 e. The molecule has 1 aromatic heterocycles. The molecule has 1 N–H and O–H groups in total. The normalized spacial score (nSPS) is 12.0. The number of carbonyl (C=O) groups is 2. The SMILES string of the molecule is CCNC(=O)[C@@H](C)OC(=O)c1sc(C)nc1C. The van der Waals surface area contributed by atoms with Crippen molar-refractivity contribution in [1.82, 2.24) is 10.3 Å². The molecule has 1 rings (SSSR count). The largest absolute Gasteiger partial charge is 0.448 e. The van der Waals surface area contributed by atoms with E-state index in [1.54, 1.807) is 13.8 Å². The Balaban J connectivity index is 2.66. The first-order chi connectivity index (χ1) is 7.95. The molecule has 94 valence electrons. The van der Waals surface area contributed by atoms with Crippen molar-refractivity contribution in [2.24, 2.45) is 0 Å². The lowest BCUT2D eigenvalue weighted by atomic mass is 10.3. The summed E-state index contributed by atoms with van der Waals surface area (Å²) >= 11 is 1.27. The van der Waals surface area contributed by atoms with Crippen LogP contribution in [0.25, 0.3) is 0 Å². The van der Waals surface area contributed by atoms with Crippen molar-refractivity contribution in [3.05, 3.63) is 15.6 Å². The fraction of sp³-hybridized carbons (Fsp3) is 0.545. The van der Waals surface area contributed by atoms with Crippen LogP contribution in [0.1, 0.15) is 34.2 Å². The summed E-state index contributed by atoms with van der Waals surface area (Å²) in [5, 5.41) is 3.40. The average Bonchev–Trinajstić information content (AvgIpc) is 2.58. The summed E-state index contributed by atoms with van der Waals surface area (Å²) in [4.78, 5) is 27.8. The average molecular weight is 256 g/mol. The summed E-state index contributed by atoms with van der Waals surface area (Å²) in [6.45, 7) is 7.44. The van der Waals surface area contributed by atoms with Crippen molar-refractivity contribution >= 4 is 23.2 Å². The van der Waals surface area contributed by atoms with Crippen molar-refractivity contribution in [2.45, 2.75) is 33.8 Å². The van der Waals surface area contributed by atoms with Gasteiger partial charge in [-0.1, -0.05) is 0 Å². The van der Waals surface area contributed by atoms with Crippen LogP contribution in [-0.2, 0) is 9.53 Å². The van der Waals surface area contributed by atoms with E-state index < -0.39 is 12.1 Å². The first-order valence-corrected chi connectivity index (χ1v) is 6.20. The van der Waals surface area contributed by atoms with E-state index in [2.05, 4.69) is 10.3 Å². The molecule has 0 bridgehead atoms. The molecule has 0 aliphatic heterocycles. The summed E-state index contributed by atoms with van der Waals surface area (Å²) < 4.78 is 5.06. The van der Waals surface area contributed by atoms with Crippen LogP contribution < -0.4 is 5.32 Å². The third-order valence-electron chi connectivity index (χ3n) is 2.09. The predicted octanol–water partition coefficient (Wildman–Crippen LogP) is 1.44. The Morgan fingerprint density at radius 3 is 2.59 bits per heavy atom. The third-order valence-corrected chi connectivity index (χ3v) is 3.15. The van der Waals surface area contributed by atoms with Crippen LogP contribution >= 0.6 is 11.3 Å². The molecule has 5 nitrogen and oxygen atoms in total. The van der Waals surface area contributed by atoms with Crippen molar-refractivity contribution in [3.63, 3.8) is 0 Å². The van der Waals surface area contributed by atoms with Gasteiger partial charge >= 0.3 is 5.97 Å². The lowest BCUT2D eigenvalue weighted by Crippen LogP contribution is -2.35. The summed E-state index contributed by atoms with van der Waals surface area (Å²) in [6.07, 6.45) is -0.788. The van der Waals surface area contributed by atoms with E-state index in [0.29, 0.717) is 17.1 Å². The van der Waals surface area contributed by atoms with Gasteiger partial charge < -0.3 is 10.1 Å². The van der Waals surface area contributed by atoms with Gasteiger partial charge in [-0.2, -0.15) is 0 Å². The molecule has 0 unspecified atom stereocenters. The molecule has 1 atom stereocenters. The number of aryl methyl sites for hydroxylation is 2. The minimum absolute atomic E-state index is 0.292. The molecule has 0 aliphatic carbocycles. The Bertz CT molecular complexity index is 428. The van der Waals surface area contributed by atoms with Crippen LogP contribution in [0.3, 0.4) is 0 Å². The van der Waals surface area contributed by atoms with Gasteiger partial charge in [0.15, 0.2) is 6.10 Å². The molecular weight excluding hydrogens is 240 g/mol. The van der Waals surface area contributed by atoms with Gasteiger partial charge in [0.25, 0.3) is 5.91 Å². The number of carbonyl (C=O) groups excluding carboxylic acids is 2. The number of hydrogen-bond acceptors (Lipinski definition) is 5. The highest BCUT2D eigenvalue weighted by Crippen LogP contribution is 2.18. The maximum absolute atomic E-state index is 11.8. The van der Waals surface area contributed by atoms with E-state index in [4.69, 9.17) is 4.74 Å². The number of nitrogens with zero attached hydrogens (tertiary/aromatic N) is 1. The van der Waals surface area contributed by atoms with E-state index in [0.717, 1.165) is 5.01 Å². The number of nitrogens with one attached hydrogen (secondary N) is 1. The van der Waals surface area contributed by atoms with Gasteiger partial charge in [0.1, 0.15) is 4.88 Å². The minimum Gasteiger partial charge on any atom is -0.448 e. The number of aromatic nitrogens is 1. The number of esters is 1. The molecule has 0 aromatic carbocycles. The molecule has 1 heterocycles. The van der Waals surface area contributed by atoms with Crippen LogP contribution in [0, 0.1) is 13.8 Å². The van der Waals surface area contributed by atoms with E-state index >= 15 is 0 Å². The second kappa shape index (κ2) is 5.77. The molecule has 0 fully saturated rings. The zero-order valence-corrected chi connectivity index (χ0v) is 11.2. The van der Waals surface area contributed by atoms with Crippen molar-refractivity contribution < 1.29 is 14.3 Å². The summed E-state index contributed by atoms with van der Waals surface area (Å²) in [5.41, 5.74) is 0.639. The van der Waals surface area contributed by atoms with Crippen molar-refractivity contribution in [1.29, 1.82) is 0 Å². The topological polar surface area (TPSA) is 68.3 Å². The van der Waals surface area contributed by atoms with Crippen molar-refractivity contribution in [3.8, 4) is 0 Å². The summed E-state index contributed by atoms with van der Waals surface area (Å²) in [6, 6.07) is 0. The van der Waals surface area contributed by atoms with E-state index in [-0.39, 0.29) is 5.91 Å². The summed E-state index contributed by atoms with van der Waals surface area (Å²) in [5.74, 6) is -0.786. The second-order valence-electron chi connectivity index (χ2n) is 3.59. The highest BCUT2D eigenvalue weighted by atomic mass is 32.1. The van der Waals surface area contributed by atoms with E-state index in [9.17, 15) is 9.59 Å². The van der Waals surface area contributed by atoms with E-state index in [1.165, 1.54) is 11.3 Å². The molecule has 0 saturated carbocycles. The number of amides is 1. The van der Waals surface area contributed by atoms with Gasteiger partial charge in [0.2, 0.25) is 0 Å². The Morgan fingerprint density at radius 2 is 2.12 bits per heavy atom. The van der Waals surface area contributed by atoms with Crippen LogP contribution in [-0.4, -0.2) is 29.5 Å². The second-order valence-corrected chi connectivity index (χ2v) is 4.79. The van der Waals surface area contributed by atoms with Gasteiger partial charge in [-0.3, -0.25) is 4.79 Å². The quantitative estimate of drug-likeness (QED) is 0.828. The first-order valence-electron chi connectivity index (χ1n) is 5.38. The predicted molar refractivity (Wildman–Crippen MR) is 65.1 cm³/mol. The Hall–Kier alpha value is -1.43. The van der Waals surface area contributed by atoms with Crippen LogP contribution in [0.5, 0.6) is 0 Å². The van der Waals surface area contributed by atoms with Gasteiger partial charge in [-0.05, 0) is 27.7 Å². The fourth-order valence-electron chi connectivity index (χ4n) is 1.31. The maximum atomic E-state index is 11.8. The van der Waals surface area contributed by atoms with Gasteiger partial charge in [-0.15, -0.1) is 11.3 Å². The lowest BCUT2D eigenvalue weighted by Gasteiger charge is -2.11. The fourth-order valence-corrected chi connectivity index (χ4v) is 2.11. The molecule has 0 radical (unpaired) electrons. The first kappa shape index (κ1) is 13.6. The number of likely N-dealkylation sites (N-methyl/N-ethyl adjacent to an activating group) is 1. The van der Waals surface area contributed by atoms with Crippen LogP contribution in [0.15, 0.2) is 0 Å². The zero-order chi connectivity index (χ0) is 13.0. The number of hydrogen-bond donors (Lipinski definition) is 1. The minimum atomic E-state index is -0.788. The molecule has 0 aliphatic rings.